The van der Waals surface area contributed by atoms with Crippen molar-refractivity contribution < 1.29 is 13.6 Å². The van der Waals surface area contributed by atoms with Crippen molar-refractivity contribution in [1.29, 1.82) is 0 Å². The summed E-state index contributed by atoms with van der Waals surface area (Å²) in [5, 5.41) is 3.31. The lowest BCUT2D eigenvalue weighted by Crippen LogP contribution is -2.25. The summed E-state index contributed by atoms with van der Waals surface area (Å²) in [6.07, 6.45) is 3.71. The summed E-state index contributed by atoms with van der Waals surface area (Å²) in [5.41, 5.74) is 1.35. The van der Waals surface area contributed by atoms with Gasteiger partial charge in [0.15, 0.2) is 16.8 Å². The van der Waals surface area contributed by atoms with Crippen molar-refractivity contribution in [2.24, 2.45) is 5.92 Å². The van der Waals surface area contributed by atoms with Crippen LogP contribution in [0, 0.1) is 17.6 Å². The van der Waals surface area contributed by atoms with Crippen LogP contribution in [0.4, 0.5) is 13.9 Å². The van der Waals surface area contributed by atoms with Crippen molar-refractivity contribution in [2.75, 3.05) is 5.32 Å². The summed E-state index contributed by atoms with van der Waals surface area (Å²) < 4.78 is 26.4. The van der Waals surface area contributed by atoms with E-state index in [9.17, 15) is 13.6 Å². The van der Waals surface area contributed by atoms with Gasteiger partial charge in [0.1, 0.15) is 0 Å². The van der Waals surface area contributed by atoms with E-state index in [4.69, 9.17) is 0 Å². The first-order chi connectivity index (χ1) is 12.9. The monoisotopic (exact) mass is 387 g/mol. The maximum atomic E-state index is 13.3. The Hall–Kier alpha value is -2.67. The van der Waals surface area contributed by atoms with Gasteiger partial charge in [-0.3, -0.25) is 9.78 Å². The first-order valence-electron chi connectivity index (χ1n) is 8.54. The van der Waals surface area contributed by atoms with E-state index in [1.165, 1.54) is 23.5 Å². The van der Waals surface area contributed by atoms with Gasteiger partial charge in [0, 0.05) is 23.7 Å². The molecule has 0 saturated carbocycles. The third-order valence-corrected chi connectivity index (χ3v) is 5.01. The molecule has 1 amide bonds. The second-order valence-electron chi connectivity index (χ2n) is 6.52. The minimum absolute atomic E-state index is 0.0709. The van der Waals surface area contributed by atoms with Crippen molar-refractivity contribution in [1.82, 2.24) is 9.97 Å². The molecule has 1 N–H and O–H groups in total. The summed E-state index contributed by atoms with van der Waals surface area (Å²) in [6, 6.07) is 9.31. The molecule has 0 unspecified atom stereocenters. The van der Waals surface area contributed by atoms with Crippen LogP contribution in [0.1, 0.15) is 35.9 Å². The molecule has 0 bridgehead atoms. The molecule has 0 fully saturated rings. The first kappa shape index (κ1) is 19.1. The lowest BCUT2D eigenvalue weighted by atomic mass is 9.91. The molecule has 0 saturated heterocycles. The number of benzene rings is 1. The molecule has 2 aromatic heterocycles. The Morgan fingerprint density at radius 1 is 1.15 bits per heavy atom. The normalized spacial score (nSPS) is 12.2. The van der Waals surface area contributed by atoms with Gasteiger partial charge in [-0.25, -0.2) is 13.8 Å². The Labute approximate surface area is 160 Å². The van der Waals surface area contributed by atoms with Gasteiger partial charge in [0.25, 0.3) is 0 Å². The zero-order valence-electron chi connectivity index (χ0n) is 14.9. The topological polar surface area (TPSA) is 54.9 Å². The number of nitrogens with zero attached hydrogens (tertiary/aromatic N) is 2. The summed E-state index contributed by atoms with van der Waals surface area (Å²) in [5.74, 6) is -2.23. The van der Waals surface area contributed by atoms with Crippen LogP contribution in [0.3, 0.4) is 0 Å². The first-order valence-corrected chi connectivity index (χ1v) is 9.36. The summed E-state index contributed by atoms with van der Waals surface area (Å²) in [6.45, 7) is 3.94. The summed E-state index contributed by atoms with van der Waals surface area (Å²) >= 11 is 1.31. The zero-order chi connectivity index (χ0) is 19.4. The molecule has 0 aliphatic heterocycles. The molecule has 0 spiro atoms. The molecule has 0 aliphatic rings. The van der Waals surface area contributed by atoms with Gasteiger partial charge >= 0.3 is 0 Å². The zero-order valence-corrected chi connectivity index (χ0v) is 15.8. The third-order valence-electron chi connectivity index (χ3n) is 4.10. The van der Waals surface area contributed by atoms with Crippen LogP contribution in [0.2, 0.25) is 0 Å². The largest absolute Gasteiger partial charge is 0.301 e. The predicted octanol–water partition coefficient (Wildman–Crippen LogP) is 4.79. The molecular weight excluding hydrogens is 368 g/mol. The van der Waals surface area contributed by atoms with Crippen LogP contribution in [0.25, 0.3) is 0 Å². The number of anilines is 1. The number of pyridine rings is 1. The Morgan fingerprint density at radius 3 is 2.63 bits per heavy atom. The standard InChI is InChI=1S/C20H19F2N3OS/c1-12(2)18(17-5-3-4-8-23-17)19(26)25-20-24-11-14(27-20)9-13-6-7-15(21)16(22)10-13/h3-8,10-12,18H,9H2,1-2H3,(H,24,25,26)/t18-/m1/s1. The summed E-state index contributed by atoms with van der Waals surface area (Å²) in [4.78, 5) is 22.1. The van der Waals surface area contributed by atoms with E-state index in [1.807, 2.05) is 32.0 Å². The lowest BCUT2D eigenvalue weighted by molar-refractivity contribution is -0.118. The van der Waals surface area contributed by atoms with Crippen molar-refractivity contribution in [3.63, 3.8) is 0 Å². The maximum absolute atomic E-state index is 13.3. The Kier molecular flexibility index (Phi) is 5.91. The molecule has 0 radical (unpaired) electrons. The van der Waals surface area contributed by atoms with Crippen LogP contribution in [0.15, 0.2) is 48.8 Å². The van der Waals surface area contributed by atoms with Gasteiger partial charge in [0.05, 0.1) is 11.6 Å². The van der Waals surface area contributed by atoms with E-state index in [0.29, 0.717) is 22.8 Å². The average molecular weight is 387 g/mol. The second kappa shape index (κ2) is 8.35. The van der Waals surface area contributed by atoms with Crippen molar-refractivity contribution >= 4 is 22.4 Å². The summed E-state index contributed by atoms with van der Waals surface area (Å²) in [7, 11) is 0. The lowest BCUT2D eigenvalue weighted by Gasteiger charge is -2.18. The number of amides is 1. The highest BCUT2D eigenvalue weighted by molar-refractivity contribution is 7.15. The van der Waals surface area contributed by atoms with Crippen molar-refractivity contribution in [3.05, 3.63) is 76.6 Å². The molecule has 7 heteroatoms. The highest BCUT2D eigenvalue weighted by atomic mass is 32.1. The highest BCUT2D eigenvalue weighted by Crippen LogP contribution is 2.27. The van der Waals surface area contributed by atoms with Crippen LogP contribution in [0.5, 0.6) is 0 Å². The van der Waals surface area contributed by atoms with Gasteiger partial charge in [-0.2, -0.15) is 0 Å². The van der Waals surface area contributed by atoms with Crippen molar-refractivity contribution in [2.45, 2.75) is 26.2 Å². The number of carbonyl (C=O) groups excluding carboxylic acids is 1. The van der Waals surface area contributed by atoms with E-state index in [2.05, 4.69) is 15.3 Å². The fraction of sp³-hybridized carbons (Fsp3) is 0.250. The fourth-order valence-corrected chi connectivity index (χ4v) is 3.67. The van der Waals surface area contributed by atoms with Gasteiger partial charge in [-0.05, 0) is 35.7 Å². The Balaban J connectivity index is 1.70. The number of halogens is 2. The van der Waals surface area contributed by atoms with Crippen molar-refractivity contribution in [3.8, 4) is 0 Å². The number of nitrogens with one attached hydrogen (secondary N) is 1. The number of rotatable bonds is 6. The minimum atomic E-state index is -0.874. The SMILES string of the molecule is CC(C)[C@@H](C(=O)Nc1ncc(Cc2ccc(F)c(F)c2)s1)c1ccccn1. The highest BCUT2D eigenvalue weighted by Gasteiger charge is 2.26. The molecule has 4 nitrogen and oxygen atoms in total. The maximum Gasteiger partial charge on any atom is 0.235 e. The number of aromatic nitrogens is 2. The molecule has 2 heterocycles. The van der Waals surface area contributed by atoms with Gasteiger partial charge in [-0.1, -0.05) is 26.0 Å². The van der Waals surface area contributed by atoms with Gasteiger partial charge in [-0.15, -0.1) is 11.3 Å². The van der Waals surface area contributed by atoms with Gasteiger partial charge < -0.3 is 5.32 Å². The van der Waals surface area contributed by atoms with Crippen LogP contribution in [-0.2, 0) is 11.2 Å². The average Bonchev–Trinajstić information content (AvgIpc) is 3.05. The third kappa shape index (κ3) is 4.74. The fourth-order valence-electron chi connectivity index (χ4n) is 2.82. The molecule has 3 rings (SSSR count). The Bertz CT molecular complexity index is 928. The van der Waals surface area contributed by atoms with E-state index >= 15 is 0 Å². The number of hydrogen-bond donors (Lipinski definition) is 1. The Morgan fingerprint density at radius 2 is 1.96 bits per heavy atom. The number of thiazole rings is 1. The van der Waals surface area contributed by atoms with E-state index in [-0.39, 0.29) is 17.7 Å². The molecule has 0 aliphatic carbocycles. The molecule has 140 valence electrons. The minimum Gasteiger partial charge on any atom is -0.301 e. The molecule has 1 aromatic carbocycles. The molecular formula is C20H19F2N3OS. The smallest absolute Gasteiger partial charge is 0.235 e. The molecule has 3 aromatic rings. The van der Waals surface area contributed by atoms with E-state index in [0.717, 1.165) is 10.9 Å². The van der Waals surface area contributed by atoms with Crippen LogP contribution < -0.4 is 5.32 Å². The molecule has 1 atom stereocenters. The van der Waals surface area contributed by atoms with Crippen LogP contribution in [-0.4, -0.2) is 15.9 Å². The second-order valence-corrected chi connectivity index (χ2v) is 7.64. The number of hydrogen-bond acceptors (Lipinski definition) is 4. The van der Waals surface area contributed by atoms with Gasteiger partial charge in [0.2, 0.25) is 5.91 Å². The number of carbonyl (C=O) groups is 1. The van der Waals surface area contributed by atoms with Crippen LogP contribution >= 0.6 is 11.3 Å². The van der Waals surface area contributed by atoms with E-state index in [1.54, 1.807) is 12.4 Å². The predicted molar refractivity (Wildman–Crippen MR) is 102 cm³/mol. The molecule has 27 heavy (non-hydrogen) atoms. The quantitative estimate of drug-likeness (QED) is 0.662. The van der Waals surface area contributed by atoms with E-state index < -0.39 is 11.6 Å².